The number of nitriles is 1. The highest BCUT2D eigenvalue weighted by molar-refractivity contribution is 7.98. The zero-order valence-corrected chi connectivity index (χ0v) is 18.7. The molecule has 7 heteroatoms. The fraction of sp³-hybridized carbons (Fsp3) is 0.375. The number of methoxy groups -OCH3 is 2. The zero-order chi connectivity index (χ0) is 21.6. The van der Waals surface area contributed by atoms with Crippen LogP contribution in [0.15, 0.2) is 47.6 Å². The SMILES string of the molecule is COc1cc(OC)cc(-c2nnc(SCc3ccccc3C#N)n2C2CCCCC2)c1. The summed E-state index contributed by atoms with van der Waals surface area (Å²) >= 11 is 1.63. The van der Waals surface area contributed by atoms with Gasteiger partial charge in [-0.15, -0.1) is 10.2 Å². The van der Waals surface area contributed by atoms with Crippen LogP contribution in [0, 0.1) is 11.3 Å². The van der Waals surface area contributed by atoms with Crippen LogP contribution in [0.3, 0.4) is 0 Å². The number of thioether (sulfide) groups is 1. The third kappa shape index (κ3) is 4.70. The number of ether oxygens (including phenoxy) is 2. The molecule has 0 N–H and O–H groups in total. The lowest BCUT2D eigenvalue weighted by atomic mass is 9.95. The number of nitrogens with zero attached hydrogens (tertiary/aromatic N) is 4. The van der Waals surface area contributed by atoms with Gasteiger partial charge in [0.15, 0.2) is 11.0 Å². The molecular formula is C24H26N4O2S. The van der Waals surface area contributed by atoms with Crippen molar-refractivity contribution < 1.29 is 9.47 Å². The van der Waals surface area contributed by atoms with Gasteiger partial charge in [-0.1, -0.05) is 49.2 Å². The van der Waals surface area contributed by atoms with Gasteiger partial charge >= 0.3 is 0 Å². The molecule has 6 nitrogen and oxygen atoms in total. The second-order valence-corrected chi connectivity index (χ2v) is 8.57. The summed E-state index contributed by atoms with van der Waals surface area (Å²) in [5, 5.41) is 19.4. The Kier molecular flexibility index (Phi) is 6.78. The molecule has 0 spiro atoms. The van der Waals surface area contributed by atoms with E-state index in [0.29, 0.717) is 17.4 Å². The molecule has 1 heterocycles. The minimum absolute atomic E-state index is 0.365. The number of hydrogen-bond acceptors (Lipinski definition) is 6. The fourth-order valence-electron chi connectivity index (χ4n) is 4.07. The summed E-state index contributed by atoms with van der Waals surface area (Å²) in [7, 11) is 3.30. The quantitative estimate of drug-likeness (QED) is 0.449. The molecule has 1 aromatic heterocycles. The fourth-order valence-corrected chi connectivity index (χ4v) is 5.08. The van der Waals surface area contributed by atoms with E-state index in [0.717, 1.165) is 46.4 Å². The van der Waals surface area contributed by atoms with Gasteiger partial charge in [0.2, 0.25) is 0 Å². The minimum Gasteiger partial charge on any atom is -0.497 e. The van der Waals surface area contributed by atoms with E-state index in [1.165, 1.54) is 19.3 Å². The van der Waals surface area contributed by atoms with E-state index in [2.05, 4.69) is 20.8 Å². The first-order valence-electron chi connectivity index (χ1n) is 10.5. The standard InChI is InChI=1S/C24H26N4O2S/c1-29-21-12-19(13-22(14-21)30-2)23-26-27-24(28(23)20-10-4-3-5-11-20)31-16-18-9-7-6-8-17(18)15-25/h6-9,12-14,20H,3-5,10-11,16H2,1-2H3. The maximum absolute atomic E-state index is 9.41. The van der Waals surface area contributed by atoms with E-state index in [-0.39, 0.29) is 0 Å². The van der Waals surface area contributed by atoms with E-state index in [4.69, 9.17) is 9.47 Å². The van der Waals surface area contributed by atoms with Gasteiger partial charge in [-0.05, 0) is 36.6 Å². The second-order valence-electron chi connectivity index (χ2n) is 7.63. The van der Waals surface area contributed by atoms with Crippen LogP contribution in [0.5, 0.6) is 11.5 Å². The van der Waals surface area contributed by atoms with Gasteiger partial charge in [-0.25, -0.2) is 0 Å². The number of benzene rings is 2. The summed E-state index contributed by atoms with van der Waals surface area (Å²) in [5.41, 5.74) is 2.65. The van der Waals surface area contributed by atoms with Crippen LogP contribution in [0.1, 0.15) is 49.3 Å². The maximum Gasteiger partial charge on any atom is 0.192 e. The molecule has 1 aliphatic carbocycles. The largest absolute Gasteiger partial charge is 0.497 e. The molecule has 0 unspecified atom stereocenters. The molecule has 1 fully saturated rings. The first kappa shape index (κ1) is 21.3. The van der Waals surface area contributed by atoms with Crippen LogP contribution in [-0.4, -0.2) is 29.0 Å². The lowest BCUT2D eigenvalue weighted by Crippen LogP contribution is -2.15. The maximum atomic E-state index is 9.41. The third-order valence-electron chi connectivity index (χ3n) is 5.71. The molecule has 0 aliphatic heterocycles. The minimum atomic E-state index is 0.365. The molecule has 1 saturated carbocycles. The Morgan fingerprint density at radius 2 is 1.74 bits per heavy atom. The van der Waals surface area contributed by atoms with Crippen LogP contribution >= 0.6 is 11.8 Å². The van der Waals surface area contributed by atoms with Crippen molar-refractivity contribution >= 4 is 11.8 Å². The predicted molar refractivity (Wildman–Crippen MR) is 121 cm³/mol. The Hall–Kier alpha value is -2.98. The monoisotopic (exact) mass is 434 g/mol. The van der Waals surface area contributed by atoms with Crippen molar-refractivity contribution in [3.63, 3.8) is 0 Å². The topological polar surface area (TPSA) is 73.0 Å². The van der Waals surface area contributed by atoms with E-state index in [1.54, 1.807) is 26.0 Å². The molecule has 0 atom stereocenters. The van der Waals surface area contributed by atoms with Gasteiger partial charge in [0.1, 0.15) is 11.5 Å². The van der Waals surface area contributed by atoms with E-state index < -0.39 is 0 Å². The average molecular weight is 435 g/mol. The summed E-state index contributed by atoms with van der Waals surface area (Å²) in [6.45, 7) is 0. The second kappa shape index (κ2) is 9.88. The Morgan fingerprint density at radius 3 is 2.42 bits per heavy atom. The van der Waals surface area contributed by atoms with Gasteiger partial charge in [-0.3, -0.25) is 4.57 Å². The van der Waals surface area contributed by atoms with E-state index >= 15 is 0 Å². The molecule has 0 saturated heterocycles. The van der Waals surface area contributed by atoms with Crippen molar-refractivity contribution in [3.8, 4) is 29.0 Å². The molecule has 160 valence electrons. The molecule has 1 aliphatic rings. The summed E-state index contributed by atoms with van der Waals surface area (Å²) < 4.78 is 13.2. The average Bonchev–Trinajstić information content (AvgIpc) is 3.27. The van der Waals surface area contributed by atoms with Crippen LogP contribution in [-0.2, 0) is 5.75 Å². The van der Waals surface area contributed by atoms with E-state index in [9.17, 15) is 5.26 Å². The highest BCUT2D eigenvalue weighted by Crippen LogP contribution is 2.38. The van der Waals surface area contributed by atoms with Crippen LogP contribution in [0.2, 0.25) is 0 Å². The first-order valence-corrected chi connectivity index (χ1v) is 11.5. The molecule has 3 aromatic rings. The van der Waals surface area contributed by atoms with Gasteiger partial charge in [0.25, 0.3) is 0 Å². The van der Waals surface area contributed by atoms with Crippen LogP contribution < -0.4 is 9.47 Å². The van der Waals surface area contributed by atoms with Crippen molar-refractivity contribution in [1.29, 1.82) is 5.26 Å². The van der Waals surface area contributed by atoms with Crippen molar-refractivity contribution in [2.45, 2.75) is 49.1 Å². The lowest BCUT2D eigenvalue weighted by molar-refractivity contribution is 0.339. The van der Waals surface area contributed by atoms with Crippen molar-refractivity contribution in [1.82, 2.24) is 14.8 Å². The molecule has 0 bridgehead atoms. The third-order valence-corrected chi connectivity index (χ3v) is 6.70. The van der Waals surface area contributed by atoms with Gasteiger partial charge in [0, 0.05) is 23.4 Å². The van der Waals surface area contributed by atoms with Crippen molar-refractivity contribution in [2.24, 2.45) is 0 Å². The normalized spacial score (nSPS) is 14.2. The molecular weight excluding hydrogens is 408 g/mol. The summed E-state index contributed by atoms with van der Waals surface area (Å²) in [5.74, 6) is 2.96. The Morgan fingerprint density at radius 1 is 1.03 bits per heavy atom. The molecule has 0 amide bonds. The summed E-state index contributed by atoms with van der Waals surface area (Å²) in [4.78, 5) is 0. The smallest absolute Gasteiger partial charge is 0.192 e. The number of hydrogen-bond donors (Lipinski definition) is 0. The van der Waals surface area contributed by atoms with Gasteiger partial charge < -0.3 is 9.47 Å². The predicted octanol–water partition coefficient (Wildman–Crippen LogP) is 5.63. The summed E-state index contributed by atoms with van der Waals surface area (Å²) in [6, 6.07) is 16.2. The molecule has 0 radical (unpaired) electrons. The Balaban J connectivity index is 1.72. The van der Waals surface area contributed by atoms with Gasteiger partial charge in [-0.2, -0.15) is 5.26 Å². The number of rotatable bonds is 7. The molecule has 31 heavy (non-hydrogen) atoms. The van der Waals surface area contributed by atoms with Crippen molar-refractivity contribution in [2.75, 3.05) is 14.2 Å². The molecule has 4 rings (SSSR count). The van der Waals surface area contributed by atoms with Crippen molar-refractivity contribution in [3.05, 3.63) is 53.6 Å². The van der Waals surface area contributed by atoms with E-state index in [1.807, 2.05) is 42.5 Å². The zero-order valence-electron chi connectivity index (χ0n) is 17.9. The van der Waals surface area contributed by atoms with Gasteiger partial charge in [0.05, 0.1) is 25.9 Å². The number of aromatic nitrogens is 3. The Labute approximate surface area is 187 Å². The lowest BCUT2D eigenvalue weighted by Gasteiger charge is -2.25. The first-order chi connectivity index (χ1) is 15.2. The molecule has 2 aromatic carbocycles. The highest BCUT2D eigenvalue weighted by Gasteiger charge is 2.24. The Bertz CT molecular complexity index is 1060. The van der Waals surface area contributed by atoms with Crippen LogP contribution in [0.25, 0.3) is 11.4 Å². The van der Waals surface area contributed by atoms with Crippen LogP contribution in [0.4, 0.5) is 0 Å². The highest BCUT2D eigenvalue weighted by atomic mass is 32.2. The summed E-state index contributed by atoms with van der Waals surface area (Å²) in [6.07, 6.45) is 5.94.